The van der Waals surface area contributed by atoms with Gasteiger partial charge in [-0.25, -0.2) is 4.79 Å². The number of carbonyl (C=O) groups is 2. The molecular formula is C27H31N5O4. The predicted molar refractivity (Wildman–Crippen MR) is 139 cm³/mol. The fraction of sp³-hybridized carbons (Fsp3) is 0.333. The molecule has 9 heteroatoms. The minimum absolute atomic E-state index is 0.110. The standard InChI is InChI=1S/C27H31N5O4/c1-2-31-26(35)23(24(28)32(27(31)36)17-19-11-5-3-6-12-19)22(33)18-30-16-10-9-15-21(30)25(34)29-20-13-7-4-8-14-20/h3-8,11-14,21H,2,9-10,15-18,28H2,1H3,(H,29,34). The first-order chi connectivity index (χ1) is 17.4. The number of aromatic nitrogens is 2. The van der Waals surface area contributed by atoms with E-state index in [9.17, 15) is 19.2 Å². The van der Waals surface area contributed by atoms with Gasteiger partial charge in [0.15, 0.2) is 5.78 Å². The summed E-state index contributed by atoms with van der Waals surface area (Å²) < 4.78 is 2.30. The number of nitrogen functional groups attached to an aromatic ring is 1. The molecular weight excluding hydrogens is 458 g/mol. The number of likely N-dealkylation sites (tertiary alicyclic amines) is 1. The van der Waals surface area contributed by atoms with Crippen LogP contribution in [-0.4, -0.2) is 44.9 Å². The number of rotatable bonds is 8. The molecule has 1 aliphatic rings. The van der Waals surface area contributed by atoms with Crippen molar-refractivity contribution in [3.63, 3.8) is 0 Å². The molecule has 1 aliphatic heterocycles. The van der Waals surface area contributed by atoms with Crippen molar-refractivity contribution < 1.29 is 9.59 Å². The number of carbonyl (C=O) groups excluding carboxylic acids is 2. The Hall–Kier alpha value is -3.98. The normalized spacial score (nSPS) is 16.0. The zero-order chi connectivity index (χ0) is 25.7. The smallest absolute Gasteiger partial charge is 0.332 e. The van der Waals surface area contributed by atoms with Gasteiger partial charge in [0.25, 0.3) is 5.56 Å². The fourth-order valence-electron chi connectivity index (χ4n) is 4.66. The molecule has 188 valence electrons. The monoisotopic (exact) mass is 489 g/mol. The van der Waals surface area contributed by atoms with Crippen molar-refractivity contribution in [2.24, 2.45) is 0 Å². The van der Waals surface area contributed by atoms with Crippen molar-refractivity contribution in [3.8, 4) is 0 Å². The Morgan fingerprint density at radius 1 is 0.972 bits per heavy atom. The second-order valence-corrected chi connectivity index (χ2v) is 8.92. The molecule has 0 bridgehead atoms. The van der Waals surface area contributed by atoms with Gasteiger partial charge in [-0.05, 0) is 44.0 Å². The largest absolute Gasteiger partial charge is 0.384 e. The summed E-state index contributed by atoms with van der Waals surface area (Å²) in [5, 5.41) is 2.91. The number of nitrogens with one attached hydrogen (secondary N) is 1. The first-order valence-corrected chi connectivity index (χ1v) is 12.2. The lowest BCUT2D eigenvalue weighted by atomic mass is 10.00. The van der Waals surface area contributed by atoms with E-state index in [0.29, 0.717) is 18.7 Å². The Kier molecular flexibility index (Phi) is 7.80. The number of nitrogens with zero attached hydrogens (tertiary/aromatic N) is 3. The van der Waals surface area contributed by atoms with Crippen LogP contribution in [0, 0.1) is 0 Å². The number of amides is 1. The van der Waals surface area contributed by atoms with Gasteiger partial charge >= 0.3 is 5.69 Å². The summed E-state index contributed by atoms with van der Waals surface area (Å²) in [6.45, 7) is 2.33. The van der Waals surface area contributed by atoms with Crippen LogP contribution in [0.5, 0.6) is 0 Å². The third kappa shape index (κ3) is 5.31. The second kappa shape index (κ2) is 11.2. The Balaban J connectivity index is 1.63. The quantitative estimate of drug-likeness (QED) is 0.469. The van der Waals surface area contributed by atoms with E-state index in [1.54, 1.807) is 24.0 Å². The van der Waals surface area contributed by atoms with E-state index in [1.165, 1.54) is 4.57 Å². The molecule has 1 atom stereocenters. The zero-order valence-corrected chi connectivity index (χ0v) is 20.4. The highest BCUT2D eigenvalue weighted by Gasteiger charge is 2.32. The molecule has 1 unspecified atom stereocenters. The lowest BCUT2D eigenvalue weighted by Gasteiger charge is -2.34. The van der Waals surface area contributed by atoms with Crippen LogP contribution in [-0.2, 0) is 17.9 Å². The summed E-state index contributed by atoms with van der Waals surface area (Å²) in [5.74, 6) is -0.839. The number of anilines is 2. The van der Waals surface area contributed by atoms with Crippen LogP contribution in [0.4, 0.5) is 11.5 Å². The summed E-state index contributed by atoms with van der Waals surface area (Å²) in [6.07, 6.45) is 2.31. The Labute approximate surface area is 209 Å². The molecule has 1 aromatic heterocycles. The van der Waals surface area contributed by atoms with Crippen molar-refractivity contribution in [2.75, 3.05) is 24.1 Å². The van der Waals surface area contributed by atoms with Crippen LogP contribution in [0.25, 0.3) is 0 Å². The third-order valence-corrected chi connectivity index (χ3v) is 6.55. The van der Waals surface area contributed by atoms with Crippen molar-refractivity contribution >= 4 is 23.2 Å². The lowest BCUT2D eigenvalue weighted by Crippen LogP contribution is -2.50. The van der Waals surface area contributed by atoms with Crippen molar-refractivity contribution in [2.45, 2.75) is 45.3 Å². The van der Waals surface area contributed by atoms with Gasteiger partial charge in [-0.15, -0.1) is 0 Å². The van der Waals surface area contributed by atoms with Crippen LogP contribution in [0.15, 0.2) is 70.3 Å². The summed E-state index contributed by atoms with van der Waals surface area (Å²) in [5.41, 5.74) is 6.33. The number of ketones is 1. The molecule has 1 fully saturated rings. The van der Waals surface area contributed by atoms with Gasteiger partial charge < -0.3 is 11.1 Å². The molecule has 4 rings (SSSR count). The van der Waals surface area contributed by atoms with E-state index in [-0.39, 0.29) is 36.9 Å². The third-order valence-electron chi connectivity index (χ3n) is 6.55. The maximum Gasteiger partial charge on any atom is 0.332 e. The number of benzene rings is 2. The molecule has 0 saturated carbocycles. The van der Waals surface area contributed by atoms with Crippen LogP contribution in [0.2, 0.25) is 0 Å². The van der Waals surface area contributed by atoms with Gasteiger partial charge in [-0.3, -0.25) is 28.4 Å². The summed E-state index contributed by atoms with van der Waals surface area (Å²) in [7, 11) is 0. The van der Waals surface area contributed by atoms with E-state index in [1.807, 2.05) is 48.5 Å². The van der Waals surface area contributed by atoms with E-state index in [0.717, 1.165) is 23.0 Å². The van der Waals surface area contributed by atoms with Crippen molar-refractivity contribution in [1.29, 1.82) is 0 Å². The average Bonchev–Trinajstić information content (AvgIpc) is 2.88. The first-order valence-electron chi connectivity index (χ1n) is 12.2. The van der Waals surface area contributed by atoms with E-state index in [4.69, 9.17) is 5.73 Å². The van der Waals surface area contributed by atoms with Crippen LogP contribution in [0.1, 0.15) is 42.1 Å². The molecule has 0 aliphatic carbocycles. The Bertz CT molecular complexity index is 1350. The number of hydrogen-bond acceptors (Lipinski definition) is 6. The molecule has 2 aromatic carbocycles. The first kappa shape index (κ1) is 25.1. The Morgan fingerprint density at radius 2 is 1.64 bits per heavy atom. The molecule has 3 N–H and O–H groups in total. The van der Waals surface area contributed by atoms with Gasteiger partial charge in [-0.2, -0.15) is 0 Å². The molecule has 36 heavy (non-hydrogen) atoms. The number of Topliss-reactive ketones (excluding diaryl/α,β-unsaturated/α-hetero) is 1. The highest BCUT2D eigenvalue weighted by molar-refractivity contribution is 6.02. The van der Waals surface area contributed by atoms with Gasteiger partial charge in [0.2, 0.25) is 5.91 Å². The summed E-state index contributed by atoms with van der Waals surface area (Å²) >= 11 is 0. The lowest BCUT2D eigenvalue weighted by molar-refractivity contribution is -0.122. The molecule has 2 heterocycles. The maximum absolute atomic E-state index is 13.5. The average molecular weight is 490 g/mol. The highest BCUT2D eigenvalue weighted by atomic mass is 16.2. The molecule has 0 spiro atoms. The fourth-order valence-corrected chi connectivity index (χ4v) is 4.66. The van der Waals surface area contributed by atoms with E-state index in [2.05, 4.69) is 5.32 Å². The summed E-state index contributed by atoms with van der Waals surface area (Å²) in [4.78, 5) is 54.4. The summed E-state index contributed by atoms with van der Waals surface area (Å²) in [6, 6.07) is 17.9. The van der Waals surface area contributed by atoms with E-state index < -0.39 is 23.1 Å². The number of para-hydroxylation sites is 1. The van der Waals surface area contributed by atoms with E-state index >= 15 is 0 Å². The van der Waals surface area contributed by atoms with Crippen LogP contribution in [0.3, 0.4) is 0 Å². The van der Waals surface area contributed by atoms with Gasteiger partial charge in [0, 0.05) is 12.2 Å². The minimum atomic E-state index is -0.698. The molecule has 3 aromatic rings. The van der Waals surface area contributed by atoms with Crippen molar-refractivity contribution in [3.05, 3.63) is 92.6 Å². The minimum Gasteiger partial charge on any atom is -0.384 e. The number of nitrogens with two attached hydrogens (primary N) is 1. The van der Waals surface area contributed by atoms with Crippen LogP contribution >= 0.6 is 0 Å². The predicted octanol–water partition coefficient (Wildman–Crippen LogP) is 2.34. The van der Waals surface area contributed by atoms with Gasteiger partial charge in [-0.1, -0.05) is 55.0 Å². The highest BCUT2D eigenvalue weighted by Crippen LogP contribution is 2.20. The Morgan fingerprint density at radius 3 is 2.31 bits per heavy atom. The molecule has 0 radical (unpaired) electrons. The second-order valence-electron chi connectivity index (χ2n) is 8.92. The molecule has 1 saturated heterocycles. The molecule has 9 nitrogen and oxygen atoms in total. The number of piperidine rings is 1. The van der Waals surface area contributed by atoms with Crippen LogP contribution < -0.4 is 22.3 Å². The van der Waals surface area contributed by atoms with Gasteiger partial charge in [0.1, 0.15) is 11.4 Å². The van der Waals surface area contributed by atoms with Gasteiger partial charge in [0.05, 0.1) is 19.1 Å². The van der Waals surface area contributed by atoms with Crippen molar-refractivity contribution in [1.82, 2.24) is 14.0 Å². The SMILES string of the molecule is CCn1c(=O)c(C(=O)CN2CCCCC2C(=O)Nc2ccccc2)c(N)n(Cc2ccccc2)c1=O. The zero-order valence-electron chi connectivity index (χ0n) is 20.4. The molecule has 1 amide bonds. The topological polar surface area (TPSA) is 119 Å². The maximum atomic E-state index is 13.5. The number of hydrogen-bond donors (Lipinski definition) is 2.